The van der Waals surface area contributed by atoms with Crippen LogP contribution in [0.3, 0.4) is 0 Å². The number of phenolic OH excluding ortho intramolecular Hbond substituents is 1. The highest BCUT2D eigenvalue weighted by atomic mass is 16.4. The molecule has 1 N–H and O–H groups in total. The number of benzene rings is 1. The molecule has 1 aromatic carbocycles. The fourth-order valence-corrected chi connectivity index (χ4v) is 1.43. The second kappa shape index (κ2) is 4.61. The number of hydrogen-bond donors (Lipinski definition) is 1. The van der Waals surface area contributed by atoms with Gasteiger partial charge in [-0.3, -0.25) is 0 Å². The molecule has 2 aromatic rings. The van der Waals surface area contributed by atoms with E-state index in [1.54, 1.807) is 18.2 Å². The topological polar surface area (TPSA) is 63.3 Å². The highest BCUT2D eigenvalue weighted by Crippen LogP contribution is 2.19. The summed E-state index contributed by atoms with van der Waals surface area (Å²) in [5.74, 6) is 1.26. The van der Waals surface area contributed by atoms with E-state index >= 15 is 0 Å². The number of oxazole rings is 1. The zero-order valence-electron chi connectivity index (χ0n) is 8.59. The maximum absolute atomic E-state index is 10.3. The van der Waals surface area contributed by atoms with Gasteiger partial charge >= 0.3 is 0 Å². The third-order valence-electron chi connectivity index (χ3n) is 2.22. The van der Waals surface area contributed by atoms with Crippen LogP contribution < -0.4 is 0 Å². The first-order chi connectivity index (χ1) is 7.79. The minimum absolute atomic E-state index is 0.220. The highest BCUT2D eigenvalue weighted by molar-refractivity contribution is 5.52. The molecule has 0 unspecified atom stereocenters. The Morgan fingerprint density at radius 1 is 1.38 bits per heavy atom. The van der Waals surface area contributed by atoms with Gasteiger partial charge in [0.2, 0.25) is 0 Å². The molecule has 0 atom stereocenters. The van der Waals surface area contributed by atoms with Crippen LogP contribution in [-0.2, 0) is 17.6 Å². The summed E-state index contributed by atoms with van der Waals surface area (Å²) in [6, 6.07) is 7.01. The van der Waals surface area contributed by atoms with Gasteiger partial charge in [-0.1, -0.05) is 18.2 Å². The maximum Gasteiger partial charge on any atom is 0.198 e. The number of phenols is 1. The average molecular weight is 217 g/mol. The van der Waals surface area contributed by atoms with Crippen LogP contribution in [0.4, 0.5) is 0 Å². The van der Waals surface area contributed by atoms with Crippen LogP contribution in [-0.4, -0.2) is 16.4 Å². The van der Waals surface area contributed by atoms with E-state index in [1.165, 1.54) is 6.20 Å². The normalized spacial score (nSPS) is 10.2. The van der Waals surface area contributed by atoms with Gasteiger partial charge in [-0.15, -0.1) is 0 Å². The molecule has 0 aliphatic rings. The number of carbonyl (C=O) groups is 1. The predicted molar refractivity (Wildman–Crippen MR) is 57.2 cm³/mol. The van der Waals surface area contributed by atoms with Gasteiger partial charge < -0.3 is 14.3 Å². The lowest BCUT2D eigenvalue weighted by molar-refractivity contribution is -0.107. The monoisotopic (exact) mass is 217 g/mol. The molecule has 82 valence electrons. The molecule has 4 nitrogen and oxygen atoms in total. The lowest BCUT2D eigenvalue weighted by Gasteiger charge is -2.00. The molecule has 0 spiro atoms. The zero-order chi connectivity index (χ0) is 11.4. The quantitative estimate of drug-likeness (QED) is 0.792. The van der Waals surface area contributed by atoms with E-state index in [0.717, 1.165) is 11.8 Å². The number of para-hydroxylation sites is 1. The van der Waals surface area contributed by atoms with Gasteiger partial charge in [0, 0.05) is 5.56 Å². The van der Waals surface area contributed by atoms with Gasteiger partial charge in [0.1, 0.15) is 17.8 Å². The van der Waals surface area contributed by atoms with E-state index < -0.39 is 0 Å². The molecule has 1 heterocycles. The number of carbonyl (C=O) groups excluding carboxylic acids is 1. The summed E-state index contributed by atoms with van der Waals surface area (Å²) in [7, 11) is 0. The van der Waals surface area contributed by atoms with E-state index in [-0.39, 0.29) is 12.2 Å². The molecule has 0 aliphatic heterocycles. The van der Waals surface area contributed by atoms with Gasteiger partial charge in [0.25, 0.3) is 0 Å². The smallest absolute Gasteiger partial charge is 0.198 e. The van der Waals surface area contributed by atoms with Crippen LogP contribution in [0.1, 0.15) is 17.2 Å². The molecule has 0 bridgehead atoms. The molecule has 0 saturated heterocycles. The van der Waals surface area contributed by atoms with E-state index in [2.05, 4.69) is 4.98 Å². The second-order valence-corrected chi connectivity index (χ2v) is 3.40. The molecular formula is C12H11NO3. The number of hydrogen-bond acceptors (Lipinski definition) is 4. The average Bonchev–Trinajstić information content (AvgIpc) is 2.70. The Bertz CT molecular complexity index is 491. The fourth-order valence-electron chi connectivity index (χ4n) is 1.43. The first kappa shape index (κ1) is 10.4. The van der Waals surface area contributed by atoms with Gasteiger partial charge in [0.05, 0.1) is 19.0 Å². The van der Waals surface area contributed by atoms with Crippen molar-refractivity contribution < 1.29 is 14.3 Å². The molecule has 0 amide bonds. The molecule has 4 heteroatoms. The Labute approximate surface area is 92.6 Å². The van der Waals surface area contributed by atoms with E-state index in [4.69, 9.17) is 4.42 Å². The molecular weight excluding hydrogens is 206 g/mol. The SMILES string of the molecule is O=CCc1cnc(Cc2ccccc2O)o1. The summed E-state index contributed by atoms with van der Waals surface area (Å²) in [4.78, 5) is 14.3. The Morgan fingerprint density at radius 2 is 2.19 bits per heavy atom. The zero-order valence-corrected chi connectivity index (χ0v) is 8.59. The van der Waals surface area contributed by atoms with Crippen molar-refractivity contribution in [2.75, 3.05) is 0 Å². The van der Waals surface area contributed by atoms with Crippen LogP contribution in [0.25, 0.3) is 0 Å². The van der Waals surface area contributed by atoms with Crippen LogP contribution >= 0.6 is 0 Å². The van der Waals surface area contributed by atoms with Crippen molar-refractivity contribution in [2.24, 2.45) is 0 Å². The van der Waals surface area contributed by atoms with Gasteiger partial charge in [-0.25, -0.2) is 4.98 Å². The van der Waals surface area contributed by atoms with Crippen molar-refractivity contribution in [3.63, 3.8) is 0 Å². The first-order valence-corrected chi connectivity index (χ1v) is 4.93. The van der Waals surface area contributed by atoms with Crippen molar-refractivity contribution in [3.05, 3.63) is 47.7 Å². The number of aldehydes is 1. The molecule has 0 aliphatic carbocycles. The highest BCUT2D eigenvalue weighted by Gasteiger charge is 2.07. The maximum atomic E-state index is 10.3. The molecule has 0 saturated carbocycles. The molecule has 0 fully saturated rings. The number of aromatic hydroxyl groups is 1. The van der Waals surface area contributed by atoms with Crippen LogP contribution in [0.5, 0.6) is 5.75 Å². The van der Waals surface area contributed by atoms with Gasteiger partial charge in [-0.05, 0) is 6.07 Å². The van der Waals surface area contributed by atoms with Crippen molar-refractivity contribution in [3.8, 4) is 5.75 Å². The van der Waals surface area contributed by atoms with Crippen LogP contribution in [0, 0.1) is 0 Å². The van der Waals surface area contributed by atoms with Crippen LogP contribution in [0.15, 0.2) is 34.9 Å². The third-order valence-corrected chi connectivity index (χ3v) is 2.22. The largest absolute Gasteiger partial charge is 0.508 e. The fraction of sp³-hybridized carbons (Fsp3) is 0.167. The van der Waals surface area contributed by atoms with E-state index in [0.29, 0.717) is 18.1 Å². The number of aromatic nitrogens is 1. The molecule has 0 radical (unpaired) electrons. The summed E-state index contributed by atoms with van der Waals surface area (Å²) >= 11 is 0. The standard InChI is InChI=1S/C12H11NO3/c14-6-5-10-8-13-12(16-10)7-9-3-1-2-4-11(9)15/h1-4,6,8,15H,5,7H2. The Morgan fingerprint density at radius 3 is 2.94 bits per heavy atom. The minimum Gasteiger partial charge on any atom is -0.508 e. The summed E-state index contributed by atoms with van der Waals surface area (Å²) in [5.41, 5.74) is 0.752. The van der Waals surface area contributed by atoms with Crippen LogP contribution in [0.2, 0.25) is 0 Å². The molecule has 16 heavy (non-hydrogen) atoms. The third kappa shape index (κ3) is 2.28. The lowest BCUT2D eigenvalue weighted by Crippen LogP contribution is -1.88. The summed E-state index contributed by atoms with van der Waals surface area (Å²) < 4.78 is 5.33. The summed E-state index contributed by atoms with van der Waals surface area (Å²) in [5, 5.41) is 9.56. The predicted octanol–water partition coefficient (Wildman–Crippen LogP) is 1.71. The Kier molecular flexibility index (Phi) is 3.00. The summed E-state index contributed by atoms with van der Waals surface area (Å²) in [6.45, 7) is 0. The van der Waals surface area contributed by atoms with Crippen molar-refractivity contribution >= 4 is 6.29 Å². The minimum atomic E-state index is 0.220. The van der Waals surface area contributed by atoms with Crippen molar-refractivity contribution in [1.29, 1.82) is 0 Å². The molecule has 1 aromatic heterocycles. The first-order valence-electron chi connectivity index (χ1n) is 4.93. The number of nitrogens with zero attached hydrogens (tertiary/aromatic N) is 1. The lowest BCUT2D eigenvalue weighted by atomic mass is 10.1. The Balaban J connectivity index is 2.14. The van der Waals surface area contributed by atoms with Gasteiger partial charge in [-0.2, -0.15) is 0 Å². The number of rotatable bonds is 4. The van der Waals surface area contributed by atoms with E-state index in [1.807, 2.05) is 6.07 Å². The second-order valence-electron chi connectivity index (χ2n) is 3.40. The van der Waals surface area contributed by atoms with Crippen molar-refractivity contribution in [2.45, 2.75) is 12.8 Å². The van der Waals surface area contributed by atoms with E-state index in [9.17, 15) is 9.90 Å². The summed E-state index contributed by atoms with van der Waals surface area (Å²) in [6.07, 6.45) is 2.95. The molecule has 2 rings (SSSR count). The van der Waals surface area contributed by atoms with Crippen molar-refractivity contribution in [1.82, 2.24) is 4.98 Å². The van der Waals surface area contributed by atoms with Gasteiger partial charge in [0.15, 0.2) is 5.89 Å². The Hall–Kier alpha value is -2.10.